The summed E-state index contributed by atoms with van der Waals surface area (Å²) in [5, 5.41) is 11.0. The van der Waals surface area contributed by atoms with Crippen molar-refractivity contribution in [2.75, 3.05) is 21.1 Å². The van der Waals surface area contributed by atoms with Crippen molar-refractivity contribution in [1.82, 2.24) is 25.3 Å². The van der Waals surface area contributed by atoms with Crippen LogP contribution in [0.5, 0.6) is 0 Å². The first-order valence-electron chi connectivity index (χ1n) is 8.57. The van der Waals surface area contributed by atoms with Crippen molar-refractivity contribution in [2.45, 2.75) is 26.9 Å². The van der Waals surface area contributed by atoms with Gasteiger partial charge in [-0.25, -0.2) is 0 Å². The average Bonchev–Trinajstić information content (AvgIpc) is 2.87. The predicted octanol–water partition coefficient (Wildman–Crippen LogP) is 1.60. The molecule has 0 aliphatic rings. The highest BCUT2D eigenvalue weighted by molar-refractivity contribution is 5.93. The summed E-state index contributed by atoms with van der Waals surface area (Å²) in [6, 6.07) is 7.59. The van der Waals surface area contributed by atoms with Crippen molar-refractivity contribution >= 4 is 11.9 Å². The first kappa shape index (κ1) is 19.5. The number of benzene rings is 1. The van der Waals surface area contributed by atoms with Crippen LogP contribution in [0.3, 0.4) is 0 Å². The van der Waals surface area contributed by atoms with Crippen LogP contribution in [0.4, 0.5) is 0 Å². The van der Waals surface area contributed by atoms with Gasteiger partial charge in [0, 0.05) is 58.1 Å². The zero-order valence-electron chi connectivity index (χ0n) is 16.4. The lowest BCUT2D eigenvalue weighted by atomic mass is 10.1. The quantitative estimate of drug-likeness (QED) is 0.630. The maximum absolute atomic E-state index is 11.9. The summed E-state index contributed by atoms with van der Waals surface area (Å²) in [5.74, 6) is 0.727. The van der Waals surface area contributed by atoms with Gasteiger partial charge in [-0.1, -0.05) is 12.1 Å². The molecule has 0 radical (unpaired) electrons. The van der Waals surface area contributed by atoms with E-state index in [2.05, 4.69) is 27.6 Å². The van der Waals surface area contributed by atoms with Crippen LogP contribution >= 0.6 is 0 Å². The van der Waals surface area contributed by atoms with E-state index in [0.717, 1.165) is 22.9 Å². The molecule has 0 unspecified atom stereocenters. The normalized spacial score (nSPS) is 11.4. The number of carbonyl (C=O) groups is 1. The van der Waals surface area contributed by atoms with Crippen molar-refractivity contribution in [3.8, 4) is 0 Å². The molecule has 7 nitrogen and oxygen atoms in total. The van der Waals surface area contributed by atoms with Gasteiger partial charge < -0.3 is 15.5 Å². The number of guanidine groups is 1. The standard InChI is InChI=1S/C19H28N6O/c1-13-17(14(2)25(6)23-13)12-22-19(20-3)21-11-15-7-9-16(10-8-15)18(26)24(4)5/h7-10H,11-12H2,1-6H3,(H2,20,21,22). The fourth-order valence-corrected chi connectivity index (χ4v) is 2.68. The van der Waals surface area contributed by atoms with E-state index in [1.807, 2.05) is 42.9 Å². The summed E-state index contributed by atoms with van der Waals surface area (Å²) in [7, 11) is 7.19. The van der Waals surface area contributed by atoms with Gasteiger partial charge in [0.1, 0.15) is 0 Å². The van der Waals surface area contributed by atoms with Gasteiger partial charge in [-0.15, -0.1) is 0 Å². The highest BCUT2D eigenvalue weighted by Crippen LogP contribution is 2.11. The molecule has 2 N–H and O–H groups in total. The third-order valence-electron chi connectivity index (χ3n) is 4.38. The second-order valence-corrected chi connectivity index (χ2v) is 6.45. The van der Waals surface area contributed by atoms with Crippen LogP contribution in [0.25, 0.3) is 0 Å². The monoisotopic (exact) mass is 356 g/mol. The van der Waals surface area contributed by atoms with Crippen LogP contribution in [-0.2, 0) is 20.1 Å². The third-order valence-corrected chi connectivity index (χ3v) is 4.38. The lowest BCUT2D eigenvalue weighted by Crippen LogP contribution is -2.36. The molecule has 0 saturated carbocycles. The summed E-state index contributed by atoms with van der Waals surface area (Å²) >= 11 is 0. The minimum Gasteiger partial charge on any atom is -0.352 e. The maximum Gasteiger partial charge on any atom is 0.253 e. The van der Waals surface area contributed by atoms with Gasteiger partial charge in [-0.05, 0) is 31.5 Å². The number of nitrogens with zero attached hydrogens (tertiary/aromatic N) is 4. The molecule has 1 aromatic heterocycles. The fraction of sp³-hybridized carbons (Fsp3) is 0.421. The highest BCUT2D eigenvalue weighted by Gasteiger charge is 2.10. The Kier molecular flexibility index (Phi) is 6.38. The van der Waals surface area contributed by atoms with Gasteiger partial charge in [0.25, 0.3) is 5.91 Å². The molecule has 1 aromatic carbocycles. The summed E-state index contributed by atoms with van der Waals surface area (Å²) < 4.78 is 1.89. The second kappa shape index (κ2) is 8.51. The summed E-state index contributed by atoms with van der Waals surface area (Å²) in [5.41, 5.74) is 5.11. The lowest BCUT2D eigenvalue weighted by molar-refractivity contribution is 0.0827. The Balaban J connectivity index is 1.92. The Labute approximate surface area is 155 Å². The summed E-state index contributed by atoms with van der Waals surface area (Å²) in [6.45, 7) is 5.36. The highest BCUT2D eigenvalue weighted by atomic mass is 16.2. The lowest BCUT2D eigenvalue weighted by Gasteiger charge is -2.13. The molecule has 0 bridgehead atoms. The van der Waals surface area contributed by atoms with E-state index in [9.17, 15) is 4.79 Å². The van der Waals surface area contributed by atoms with E-state index in [1.54, 1.807) is 26.0 Å². The molecule has 2 aromatic rings. The van der Waals surface area contributed by atoms with Crippen LogP contribution in [0, 0.1) is 13.8 Å². The number of hydrogen-bond donors (Lipinski definition) is 2. The largest absolute Gasteiger partial charge is 0.352 e. The van der Waals surface area contributed by atoms with E-state index in [4.69, 9.17) is 0 Å². The Hall–Kier alpha value is -2.83. The molecule has 1 amide bonds. The SMILES string of the molecule is CN=C(NCc1ccc(C(=O)N(C)C)cc1)NCc1c(C)nn(C)c1C. The number of aliphatic imine (C=N–C) groups is 1. The summed E-state index contributed by atoms with van der Waals surface area (Å²) in [6.07, 6.45) is 0. The smallest absolute Gasteiger partial charge is 0.253 e. The van der Waals surface area contributed by atoms with Gasteiger partial charge in [-0.2, -0.15) is 5.10 Å². The number of nitrogens with one attached hydrogen (secondary N) is 2. The molecule has 0 aliphatic heterocycles. The second-order valence-electron chi connectivity index (χ2n) is 6.45. The van der Waals surface area contributed by atoms with Gasteiger partial charge in [0.05, 0.1) is 5.69 Å². The molecule has 0 spiro atoms. The first-order valence-corrected chi connectivity index (χ1v) is 8.57. The van der Waals surface area contributed by atoms with Gasteiger partial charge in [0.15, 0.2) is 5.96 Å². The van der Waals surface area contributed by atoms with Crippen molar-refractivity contribution in [3.63, 3.8) is 0 Å². The third kappa shape index (κ3) is 4.62. The molecule has 2 rings (SSSR count). The molecule has 0 atom stereocenters. The molecule has 0 saturated heterocycles. The van der Waals surface area contributed by atoms with E-state index in [1.165, 1.54) is 5.56 Å². The average molecular weight is 356 g/mol. The van der Waals surface area contributed by atoms with Crippen molar-refractivity contribution in [2.24, 2.45) is 12.0 Å². The minimum atomic E-state index is 0.00388. The van der Waals surface area contributed by atoms with E-state index < -0.39 is 0 Å². The van der Waals surface area contributed by atoms with Crippen LogP contribution in [0.15, 0.2) is 29.3 Å². The van der Waals surface area contributed by atoms with Crippen LogP contribution in [0.2, 0.25) is 0 Å². The van der Waals surface area contributed by atoms with E-state index in [-0.39, 0.29) is 5.91 Å². The molecule has 140 valence electrons. The maximum atomic E-state index is 11.9. The van der Waals surface area contributed by atoms with E-state index in [0.29, 0.717) is 18.7 Å². The zero-order valence-corrected chi connectivity index (χ0v) is 16.4. The number of aryl methyl sites for hydroxylation is 2. The first-order chi connectivity index (χ1) is 12.3. The van der Waals surface area contributed by atoms with Crippen LogP contribution < -0.4 is 10.6 Å². The number of carbonyl (C=O) groups excluding carboxylic acids is 1. The van der Waals surface area contributed by atoms with Crippen molar-refractivity contribution in [3.05, 3.63) is 52.3 Å². The molecule has 1 heterocycles. The molecule has 7 heteroatoms. The Bertz CT molecular complexity index is 789. The molecule has 26 heavy (non-hydrogen) atoms. The number of amides is 1. The molecular formula is C19H28N6O. The molecule has 0 fully saturated rings. The molecule has 0 aliphatic carbocycles. The number of aromatic nitrogens is 2. The van der Waals surface area contributed by atoms with Crippen molar-refractivity contribution in [1.29, 1.82) is 0 Å². The van der Waals surface area contributed by atoms with Crippen molar-refractivity contribution < 1.29 is 4.79 Å². The number of rotatable bonds is 5. The fourth-order valence-electron chi connectivity index (χ4n) is 2.68. The summed E-state index contributed by atoms with van der Waals surface area (Å²) in [4.78, 5) is 17.7. The zero-order chi connectivity index (χ0) is 19.3. The van der Waals surface area contributed by atoms with E-state index >= 15 is 0 Å². The minimum absolute atomic E-state index is 0.00388. The van der Waals surface area contributed by atoms with Gasteiger partial charge in [0.2, 0.25) is 0 Å². The van der Waals surface area contributed by atoms with Crippen LogP contribution in [-0.4, -0.2) is 47.7 Å². The topological polar surface area (TPSA) is 74.6 Å². The Morgan fingerprint density at radius 3 is 2.27 bits per heavy atom. The Morgan fingerprint density at radius 2 is 1.77 bits per heavy atom. The molecular weight excluding hydrogens is 328 g/mol. The van der Waals surface area contributed by atoms with Gasteiger partial charge >= 0.3 is 0 Å². The Morgan fingerprint density at radius 1 is 1.15 bits per heavy atom. The predicted molar refractivity (Wildman–Crippen MR) is 104 cm³/mol. The van der Waals surface area contributed by atoms with Crippen LogP contribution in [0.1, 0.15) is 32.9 Å². The van der Waals surface area contributed by atoms with Gasteiger partial charge in [-0.3, -0.25) is 14.5 Å². The number of hydrogen-bond acceptors (Lipinski definition) is 3.